The van der Waals surface area contributed by atoms with Gasteiger partial charge in [0.2, 0.25) is 17.4 Å². The maximum Gasteiger partial charge on any atom is 0.316 e. The van der Waals surface area contributed by atoms with E-state index in [0.717, 1.165) is 11.5 Å². The van der Waals surface area contributed by atoms with Crippen LogP contribution in [0.2, 0.25) is 0 Å². The Morgan fingerprint density at radius 2 is 2.34 bits per heavy atom. The molecule has 0 saturated carbocycles. The second kappa shape index (κ2) is 10.7. The number of carboxylic acids is 1. The maximum atomic E-state index is 12.9. The molecule has 4 N–H and O–H groups in total. The molecule has 0 aromatic carbocycles. The minimum absolute atomic E-state index is 0.0219. The number of aromatic nitrogens is 4. The van der Waals surface area contributed by atoms with E-state index in [1.165, 1.54) is 45.8 Å². The number of fused-ring (bicyclic) bond motifs is 1. The van der Waals surface area contributed by atoms with Gasteiger partial charge in [0.05, 0.1) is 0 Å². The second-order valence-electron chi connectivity index (χ2n) is 7.19. The minimum atomic E-state index is -1.27. The topological polar surface area (TPSA) is 186 Å². The molecule has 2 aromatic rings. The fourth-order valence-electron chi connectivity index (χ4n) is 3.21. The van der Waals surface area contributed by atoms with Crippen molar-refractivity contribution >= 4 is 75.0 Å². The van der Waals surface area contributed by atoms with Crippen molar-refractivity contribution in [2.75, 3.05) is 24.6 Å². The zero-order chi connectivity index (χ0) is 25.0. The molecule has 184 valence electrons. The Balaban J connectivity index is 1.43. The van der Waals surface area contributed by atoms with Gasteiger partial charge in [-0.3, -0.25) is 14.4 Å². The van der Waals surface area contributed by atoms with Gasteiger partial charge in [0.15, 0.2) is 9.47 Å². The van der Waals surface area contributed by atoms with E-state index < -0.39 is 34.6 Å². The molecule has 4 rings (SSSR count). The van der Waals surface area contributed by atoms with Gasteiger partial charge in [0.1, 0.15) is 28.9 Å². The van der Waals surface area contributed by atoms with Crippen LogP contribution in [0.4, 0.5) is 5.13 Å². The molecule has 13 nitrogen and oxygen atoms in total. The van der Waals surface area contributed by atoms with Crippen molar-refractivity contribution in [1.29, 1.82) is 0 Å². The number of hydrogen-bond acceptors (Lipinski definition) is 14. The third kappa shape index (κ3) is 5.31. The van der Waals surface area contributed by atoms with Crippen LogP contribution in [0.1, 0.15) is 5.82 Å². The molecule has 2 amide bonds. The number of rotatable bonds is 10. The Morgan fingerprint density at radius 1 is 1.51 bits per heavy atom. The van der Waals surface area contributed by atoms with Crippen LogP contribution >= 0.6 is 46.4 Å². The van der Waals surface area contributed by atoms with Crippen molar-refractivity contribution in [3.05, 3.63) is 35.5 Å². The van der Waals surface area contributed by atoms with Gasteiger partial charge in [-0.25, -0.2) is 0 Å². The Hall–Kier alpha value is -3.02. The highest BCUT2D eigenvalue weighted by Gasteiger charge is 2.57. The number of hydrogen-bond donors (Lipinski definition) is 3. The standard InChI is InChI=1S/C18H18N8O5S4/c1-2-4-31-24-9(11-22-16(19)35-25-11)12(27)21-10-13(28)26-6-18(15(29)30,7-33-14(10)26)3-5-32-17-23-20-8-34-17/h2-3,5,8,10,14H,1,4,6-7H2,(H,21,27)(H,29,30)(H2,19,22,25)/t10?,14-,18?/m1/s1. The number of carboxylic acid groups (broad SMARTS) is 1. The third-order valence-corrected chi connectivity index (χ3v) is 8.64. The van der Waals surface area contributed by atoms with Crippen LogP contribution < -0.4 is 11.1 Å². The van der Waals surface area contributed by atoms with E-state index in [9.17, 15) is 19.5 Å². The molecule has 0 aliphatic carbocycles. The predicted octanol–water partition coefficient (Wildman–Crippen LogP) is 0.655. The number of amides is 2. The average Bonchev–Trinajstić information content (AvgIpc) is 3.52. The van der Waals surface area contributed by atoms with Crippen molar-refractivity contribution in [2.45, 2.75) is 15.8 Å². The quantitative estimate of drug-likeness (QED) is 0.0931. The van der Waals surface area contributed by atoms with Crippen LogP contribution in [-0.2, 0) is 19.2 Å². The van der Waals surface area contributed by atoms with Gasteiger partial charge in [-0.15, -0.1) is 22.0 Å². The number of β-lactam (4-membered cyclic amide) rings is 1. The molecule has 2 aromatic heterocycles. The van der Waals surface area contributed by atoms with Gasteiger partial charge in [0.25, 0.3) is 5.91 Å². The SMILES string of the molecule is C=CCON=C(C(=O)NC1C(=O)N2CC(C=CSc3nncs3)(C(=O)O)CS[C@H]12)c1nsc(N)n1. The highest BCUT2D eigenvalue weighted by Crippen LogP contribution is 2.43. The zero-order valence-electron chi connectivity index (χ0n) is 17.8. The van der Waals surface area contributed by atoms with Crippen molar-refractivity contribution in [3.63, 3.8) is 0 Å². The number of anilines is 1. The summed E-state index contributed by atoms with van der Waals surface area (Å²) in [6.45, 7) is 3.54. The molecule has 35 heavy (non-hydrogen) atoms. The third-order valence-electron chi connectivity index (χ3n) is 4.93. The number of thioether (sulfide) groups is 2. The Morgan fingerprint density at radius 3 is 3.00 bits per heavy atom. The van der Waals surface area contributed by atoms with E-state index in [1.54, 1.807) is 17.0 Å². The first-order valence-corrected chi connectivity index (χ1v) is 13.4. The lowest BCUT2D eigenvalue weighted by Crippen LogP contribution is -2.73. The zero-order valence-corrected chi connectivity index (χ0v) is 21.0. The average molecular weight is 555 g/mol. The molecule has 2 aliphatic heterocycles. The lowest BCUT2D eigenvalue weighted by Gasteiger charge is -2.53. The van der Waals surface area contributed by atoms with Gasteiger partial charge >= 0.3 is 5.97 Å². The molecule has 0 bridgehead atoms. The van der Waals surface area contributed by atoms with E-state index in [0.29, 0.717) is 4.34 Å². The van der Waals surface area contributed by atoms with E-state index >= 15 is 0 Å². The Kier molecular flexibility index (Phi) is 7.68. The van der Waals surface area contributed by atoms with Crippen molar-refractivity contribution in [2.24, 2.45) is 10.6 Å². The molecule has 2 unspecified atom stereocenters. The normalized spacial score (nSPS) is 24.1. The van der Waals surface area contributed by atoms with Crippen LogP contribution in [0.25, 0.3) is 0 Å². The molecule has 2 fully saturated rings. The number of nitrogens with zero attached hydrogens (tertiary/aromatic N) is 6. The number of carbonyl (C=O) groups excluding carboxylic acids is 2. The van der Waals surface area contributed by atoms with Gasteiger partial charge in [-0.05, 0) is 5.41 Å². The number of oxime groups is 1. The summed E-state index contributed by atoms with van der Waals surface area (Å²) in [6.07, 6.45) is 3.02. The summed E-state index contributed by atoms with van der Waals surface area (Å²) in [6, 6.07) is -0.861. The lowest BCUT2D eigenvalue weighted by molar-refractivity contribution is -0.156. The van der Waals surface area contributed by atoms with Crippen LogP contribution in [0, 0.1) is 5.41 Å². The van der Waals surface area contributed by atoms with Crippen LogP contribution in [-0.4, -0.2) is 83.4 Å². The first-order chi connectivity index (χ1) is 16.8. The monoisotopic (exact) mass is 554 g/mol. The lowest BCUT2D eigenvalue weighted by atomic mass is 9.87. The largest absolute Gasteiger partial charge is 0.481 e. The van der Waals surface area contributed by atoms with Crippen LogP contribution in [0.15, 0.2) is 39.1 Å². The van der Waals surface area contributed by atoms with Crippen LogP contribution in [0.3, 0.4) is 0 Å². The second-order valence-corrected chi connectivity index (χ2v) is 11.1. The summed E-state index contributed by atoms with van der Waals surface area (Å²) in [7, 11) is 0. The summed E-state index contributed by atoms with van der Waals surface area (Å²) in [5, 5.41) is 25.3. The molecule has 0 spiro atoms. The summed E-state index contributed by atoms with van der Waals surface area (Å²) in [4.78, 5) is 48.3. The summed E-state index contributed by atoms with van der Waals surface area (Å²) in [5.41, 5.74) is 5.69. The van der Waals surface area contributed by atoms with Gasteiger partial charge in [-0.2, -0.15) is 9.36 Å². The van der Waals surface area contributed by atoms with Gasteiger partial charge in [0, 0.05) is 23.8 Å². The molecular weight excluding hydrogens is 537 g/mol. The fraction of sp³-hybridized carbons (Fsp3) is 0.333. The van der Waals surface area contributed by atoms with Crippen molar-refractivity contribution in [1.82, 2.24) is 29.8 Å². The van der Waals surface area contributed by atoms with Crippen molar-refractivity contribution in [3.8, 4) is 0 Å². The number of nitrogens with one attached hydrogen (secondary N) is 1. The van der Waals surface area contributed by atoms with Gasteiger partial charge in [-0.1, -0.05) is 47.0 Å². The van der Waals surface area contributed by atoms with Crippen molar-refractivity contribution < 1.29 is 24.3 Å². The Labute approximate surface area is 215 Å². The number of nitrogen functional groups attached to an aromatic ring is 1. The van der Waals surface area contributed by atoms with E-state index in [1.807, 2.05) is 0 Å². The highest BCUT2D eigenvalue weighted by molar-refractivity contribution is 8.03. The predicted molar refractivity (Wildman–Crippen MR) is 132 cm³/mol. The van der Waals surface area contributed by atoms with Crippen LogP contribution in [0.5, 0.6) is 0 Å². The van der Waals surface area contributed by atoms with E-state index in [4.69, 9.17) is 10.6 Å². The fourth-order valence-corrected chi connectivity index (χ4v) is 6.50. The molecular formula is C18H18N8O5S4. The molecule has 3 atom stereocenters. The first-order valence-electron chi connectivity index (χ1n) is 9.82. The summed E-state index contributed by atoms with van der Waals surface area (Å²) in [5.74, 6) is -1.97. The number of carbonyl (C=O) groups is 3. The van der Waals surface area contributed by atoms with E-state index in [2.05, 4.69) is 36.6 Å². The molecule has 2 aliphatic rings. The Bertz CT molecular complexity index is 1190. The highest BCUT2D eigenvalue weighted by atomic mass is 32.2. The minimum Gasteiger partial charge on any atom is -0.481 e. The first kappa shape index (κ1) is 25.1. The molecule has 4 heterocycles. The van der Waals surface area contributed by atoms with E-state index in [-0.39, 0.29) is 35.6 Å². The summed E-state index contributed by atoms with van der Waals surface area (Å²) >= 11 is 4.75. The number of aliphatic carboxylic acids is 1. The summed E-state index contributed by atoms with van der Waals surface area (Å²) < 4.78 is 4.66. The molecule has 2 saturated heterocycles. The maximum absolute atomic E-state index is 12.9. The molecule has 17 heteroatoms. The molecule has 0 radical (unpaired) electrons. The smallest absolute Gasteiger partial charge is 0.316 e. The van der Waals surface area contributed by atoms with Gasteiger partial charge < -0.3 is 25.9 Å². The number of nitrogens with two attached hydrogens (primary N) is 1.